The summed E-state index contributed by atoms with van der Waals surface area (Å²) < 4.78 is 24.0. The molecule has 0 aliphatic heterocycles. The van der Waals surface area contributed by atoms with Crippen LogP contribution in [0.25, 0.3) is 0 Å². The van der Waals surface area contributed by atoms with E-state index in [9.17, 15) is 18.3 Å². The van der Waals surface area contributed by atoms with Gasteiger partial charge in [-0.05, 0) is 12.1 Å². The molecule has 1 aromatic rings. The van der Waals surface area contributed by atoms with Crippen LogP contribution >= 0.6 is 0 Å². The van der Waals surface area contributed by atoms with Gasteiger partial charge in [0.05, 0.1) is 10.6 Å². The zero-order chi connectivity index (χ0) is 12.5. The van der Waals surface area contributed by atoms with Gasteiger partial charge >= 0.3 is 0 Å². The number of ketones is 1. The number of rotatable bonds is 3. The smallest absolute Gasteiger partial charge is 0.182 e. The molecule has 0 bridgehead atoms. The number of carbonyl (C=O) groups is 1. The lowest BCUT2D eigenvalue weighted by atomic mass is 10.2. The highest BCUT2D eigenvalue weighted by Gasteiger charge is 2.28. The standard InChI is InChI=1S/C12H12O4S/c13-11-6-7-12(14)10(11)8-17(15,16)9-4-2-1-3-5-9/h1-5,13H,6-8H2. The van der Waals surface area contributed by atoms with E-state index in [0.717, 1.165) is 0 Å². The molecule has 1 aliphatic carbocycles. The summed E-state index contributed by atoms with van der Waals surface area (Å²) in [4.78, 5) is 11.6. The highest BCUT2D eigenvalue weighted by atomic mass is 32.2. The Hall–Kier alpha value is -1.62. The van der Waals surface area contributed by atoms with Gasteiger partial charge in [0.15, 0.2) is 15.6 Å². The predicted octanol–water partition coefficient (Wildman–Crippen LogP) is 1.64. The molecule has 0 heterocycles. The van der Waals surface area contributed by atoms with Crippen molar-refractivity contribution >= 4 is 15.6 Å². The molecule has 2 rings (SSSR count). The van der Waals surface area contributed by atoms with E-state index >= 15 is 0 Å². The van der Waals surface area contributed by atoms with Gasteiger partial charge in [-0.25, -0.2) is 8.42 Å². The van der Waals surface area contributed by atoms with Crippen molar-refractivity contribution in [2.75, 3.05) is 5.75 Å². The van der Waals surface area contributed by atoms with Crippen LogP contribution in [0.4, 0.5) is 0 Å². The molecule has 0 aromatic heterocycles. The minimum atomic E-state index is -3.55. The van der Waals surface area contributed by atoms with Gasteiger partial charge in [0.2, 0.25) is 0 Å². The average Bonchev–Trinajstić information content (AvgIpc) is 2.62. The normalized spacial score (nSPS) is 16.6. The molecular formula is C12H12O4S. The molecule has 1 aromatic carbocycles. The van der Waals surface area contributed by atoms with Gasteiger partial charge in [0, 0.05) is 18.4 Å². The van der Waals surface area contributed by atoms with E-state index in [-0.39, 0.29) is 34.9 Å². The molecule has 0 atom stereocenters. The first-order valence-electron chi connectivity index (χ1n) is 5.23. The third kappa shape index (κ3) is 2.39. The van der Waals surface area contributed by atoms with E-state index in [1.165, 1.54) is 12.1 Å². The Morgan fingerprint density at radius 3 is 2.29 bits per heavy atom. The zero-order valence-corrected chi connectivity index (χ0v) is 9.90. The zero-order valence-electron chi connectivity index (χ0n) is 9.09. The first kappa shape index (κ1) is 11.9. The molecule has 0 saturated carbocycles. The van der Waals surface area contributed by atoms with E-state index in [0.29, 0.717) is 0 Å². The van der Waals surface area contributed by atoms with Gasteiger partial charge in [-0.1, -0.05) is 18.2 Å². The summed E-state index contributed by atoms with van der Waals surface area (Å²) >= 11 is 0. The molecule has 1 N–H and O–H groups in total. The van der Waals surface area contributed by atoms with E-state index < -0.39 is 15.6 Å². The maximum absolute atomic E-state index is 12.0. The number of sulfone groups is 1. The summed E-state index contributed by atoms with van der Waals surface area (Å²) in [5, 5.41) is 9.46. The Labute approximate surface area is 99.5 Å². The lowest BCUT2D eigenvalue weighted by molar-refractivity contribution is -0.114. The van der Waals surface area contributed by atoms with Crippen LogP contribution in [0.15, 0.2) is 46.6 Å². The largest absolute Gasteiger partial charge is 0.512 e. The van der Waals surface area contributed by atoms with Crippen molar-refractivity contribution in [1.82, 2.24) is 0 Å². The first-order chi connectivity index (χ1) is 8.00. The van der Waals surface area contributed by atoms with Crippen LogP contribution in [-0.2, 0) is 14.6 Å². The molecule has 0 unspecified atom stereocenters. The Morgan fingerprint density at radius 2 is 1.76 bits per heavy atom. The molecule has 4 nitrogen and oxygen atoms in total. The third-order valence-corrected chi connectivity index (χ3v) is 4.37. The lowest BCUT2D eigenvalue weighted by Gasteiger charge is -2.04. The van der Waals surface area contributed by atoms with Crippen molar-refractivity contribution in [2.45, 2.75) is 17.7 Å². The summed E-state index contributed by atoms with van der Waals surface area (Å²) in [6.07, 6.45) is 0.448. The van der Waals surface area contributed by atoms with Gasteiger partial charge in [-0.15, -0.1) is 0 Å². The number of hydrogen-bond donors (Lipinski definition) is 1. The number of aliphatic hydroxyl groups is 1. The molecule has 5 heteroatoms. The first-order valence-corrected chi connectivity index (χ1v) is 6.88. The van der Waals surface area contributed by atoms with E-state index in [2.05, 4.69) is 0 Å². The van der Waals surface area contributed by atoms with Crippen LogP contribution < -0.4 is 0 Å². The molecule has 17 heavy (non-hydrogen) atoms. The van der Waals surface area contributed by atoms with Crippen molar-refractivity contribution < 1.29 is 18.3 Å². The van der Waals surface area contributed by atoms with Crippen molar-refractivity contribution in [2.24, 2.45) is 0 Å². The Balaban J connectivity index is 2.31. The number of allylic oxidation sites excluding steroid dienone is 1. The van der Waals surface area contributed by atoms with Gasteiger partial charge in [-0.3, -0.25) is 4.79 Å². The third-order valence-electron chi connectivity index (χ3n) is 2.71. The molecular weight excluding hydrogens is 240 g/mol. The second kappa shape index (κ2) is 4.33. The topological polar surface area (TPSA) is 71.4 Å². The fourth-order valence-corrected chi connectivity index (χ4v) is 3.21. The van der Waals surface area contributed by atoms with Crippen LogP contribution in [-0.4, -0.2) is 25.1 Å². The molecule has 90 valence electrons. The molecule has 1 aliphatic rings. The summed E-state index contributed by atoms with van der Waals surface area (Å²) in [5.74, 6) is -0.779. The predicted molar refractivity (Wildman–Crippen MR) is 62.4 cm³/mol. The number of benzene rings is 1. The average molecular weight is 252 g/mol. The quantitative estimate of drug-likeness (QED) is 0.887. The van der Waals surface area contributed by atoms with Crippen molar-refractivity contribution in [3.8, 4) is 0 Å². The number of aliphatic hydroxyl groups excluding tert-OH is 1. The SMILES string of the molecule is O=C1CCC(O)=C1CS(=O)(=O)c1ccccc1. The second-order valence-electron chi connectivity index (χ2n) is 3.92. The van der Waals surface area contributed by atoms with Crippen LogP contribution in [0.5, 0.6) is 0 Å². The highest BCUT2D eigenvalue weighted by Crippen LogP contribution is 2.24. The summed E-state index contributed by atoms with van der Waals surface area (Å²) in [7, 11) is -3.55. The van der Waals surface area contributed by atoms with Crippen molar-refractivity contribution in [3.05, 3.63) is 41.7 Å². The molecule has 0 saturated heterocycles. The Kier molecular flexibility index (Phi) is 3.02. The van der Waals surface area contributed by atoms with Crippen molar-refractivity contribution in [3.63, 3.8) is 0 Å². The van der Waals surface area contributed by atoms with Crippen LogP contribution in [0.3, 0.4) is 0 Å². The van der Waals surface area contributed by atoms with Gasteiger partial charge in [-0.2, -0.15) is 0 Å². The number of carbonyl (C=O) groups excluding carboxylic acids is 1. The summed E-state index contributed by atoms with van der Waals surface area (Å²) in [6.45, 7) is 0. The highest BCUT2D eigenvalue weighted by molar-refractivity contribution is 7.91. The second-order valence-corrected chi connectivity index (χ2v) is 5.91. The Bertz CT molecular complexity index is 570. The maximum Gasteiger partial charge on any atom is 0.182 e. The number of Topliss-reactive ketones (excluding diaryl/α,β-unsaturated/α-hetero) is 1. The van der Waals surface area contributed by atoms with E-state index in [1.807, 2.05) is 0 Å². The fourth-order valence-electron chi connectivity index (χ4n) is 1.76. The van der Waals surface area contributed by atoms with Gasteiger partial charge in [0.25, 0.3) is 0 Å². The molecule has 0 fully saturated rings. The molecule has 0 amide bonds. The molecule has 0 radical (unpaired) electrons. The van der Waals surface area contributed by atoms with Gasteiger partial charge in [0.1, 0.15) is 5.76 Å². The van der Waals surface area contributed by atoms with Crippen molar-refractivity contribution in [1.29, 1.82) is 0 Å². The maximum atomic E-state index is 12.0. The van der Waals surface area contributed by atoms with E-state index in [4.69, 9.17) is 0 Å². The lowest BCUT2D eigenvalue weighted by Crippen LogP contribution is -2.13. The number of hydrogen-bond acceptors (Lipinski definition) is 4. The van der Waals surface area contributed by atoms with E-state index in [1.54, 1.807) is 18.2 Å². The van der Waals surface area contributed by atoms with Crippen LogP contribution in [0.1, 0.15) is 12.8 Å². The summed E-state index contributed by atoms with van der Waals surface area (Å²) in [5.41, 5.74) is 0.0360. The minimum Gasteiger partial charge on any atom is -0.512 e. The summed E-state index contributed by atoms with van der Waals surface area (Å²) in [6, 6.07) is 7.92. The van der Waals surface area contributed by atoms with Crippen LogP contribution in [0, 0.1) is 0 Å². The minimum absolute atomic E-state index is 0.0360. The monoisotopic (exact) mass is 252 g/mol. The molecule has 0 spiro atoms. The Morgan fingerprint density at radius 1 is 1.12 bits per heavy atom. The fraction of sp³-hybridized carbons (Fsp3) is 0.250. The van der Waals surface area contributed by atoms with Crippen LogP contribution in [0.2, 0.25) is 0 Å². The van der Waals surface area contributed by atoms with Gasteiger partial charge < -0.3 is 5.11 Å².